The van der Waals surface area contributed by atoms with Gasteiger partial charge in [-0.3, -0.25) is 14.5 Å². The average Bonchev–Trinajstić information content (AvgIpc) is 3.40. The van der Waals surface area contributed by atoms with E-state index < -0.39 is 0 Å². The number of aromatic amines is 1. The normalized spacial score (nSPS) is 12.3. The van der Waals surface area contributed by atoms with Crippen LogP contribution in [0.25, 0.3) is 10.7 Å². The summed E-state index contributed by atoms with van der Waals surface area (Å²) >= 11 is 6.90. The lowest BCUT2D eigenvalue weighted by Gasteiger charge is -2.18. The largest absolute Gasteiger partial charge is 0.454 e. The minimum absolute atomic E-state index is 0.0351. The minimum Gasteiger partial charge on any atom is -0.454 e. The zero-order chi connectivity index (χ0) is 18.8. The predicted molar refractivity (Wildman–Crippen MR) is 104 cm³/mol. The number of ether oxygens (including phenoxy) is 2. The lowest BCUT2D eigenvalue weighted by Crippen LogP contribution is -2.27. The standard InChI is InChI=1S/C18H18N4O3S2/c1-21(10-12-4-5-13-14(9-12)25-11-24-13)16(23)6-7-22-17(19-20-18(22)26)15-3-2-8-27-15/h2-5,8-9H,6-7,10-11H2,1H3,(H,20,26). The molecule has 4 rings (SSSR count). The van der Waals surface area contributed by atoms with Crippen LogP contribution in [-0.2, 0) is 17.9 Å². The summed E-state index contributed by atoms with van der Waals surface area (Å²) in [5, 5.41) is 9.09. The smallest absolute Gasteiger partial charge is 0.231 e. The number of carbonyl (C=O) groups is 1. The Hall–Kier alpha value is -2.65. The Morgan fingerprint density at radius 2 is 2.22 bits per heavy atom. The van der Waals surface area contributed by atoms with Crippen molar-refractivity contribution in [3.63, 3.8) is 0 Å². The van der Waals surface area contributed by atoms with E-state index in [0.717, 1.165) is 27.8 Å². The number of hydrogen-bond acceptors (Lipinski definition) is 6. The fraction of sp³-hybridized carbons (Fsp3) is 0.278. The van der Waals surface area contributed by atoms with Gasteiger partial charge in [0.1, 0.15) is 0 Å². The molecule has 0 radical (unpaired) electrons. The van der Waals surface area contributed by atoms with E-state index in [1.807, 2.05) is 40.3 Å². The van der Waals surface area contributed by atoms with E-state index in [2.05, 4.69) is 10.2 Å². The van der Waals surface area contributed by atoms with Crippen molar-refractivity contribution >= 4 is 29.5 Å². The number of aromatic nitrogens is 3. The van der Waals surface area contributed by atoms with E-state index in [1.54, 1.807) is 23.3 Å². The highest BCUT2D eigenvalue weighted by molar-refractivity contribution is 7.71. The van der Waals surface area contributed by atoms with Gasteiger partial charge in [0.2, 0.25) is 12.7 Å². The fourth-order valence-corrected chi connectivity index (χ4v) is 3.86. The Kier molecular flexibility index (Phi) is 4.95. The number of rotatable bonds is 6. The van der Waals surface area contributed by atoms with Gasteiger partial charge in [-0.05, 0) is 41.4 Å². The van der Waals surface area contributed by atoms with Gasteiger partial charge in [0.15, 0.2) is 22.1 Å². The predicted octanol–water partition coefficient (Wildman–Crippen LogP) is 3.45. The average molecular weight is 403 g/mol. The molecule has 0 unspecified atom stereocenters. The molecule has 0 spiro atoms. The summed E-state index contributed by atoms with van der Waals surface area (Å²) < 4.78 is 13.1. The molecule has 0 saturated heterocycles. The summed E-state index contributed by atoms with van der Waals surface area (Å²) in [4.78, 5) is 15.3. The molecule has 0 saturated carbocycles. The highest BCUT2D eigenvalue weighted by atomic mass is 32.1. The zero-order valence-electron chi connectivity index (χ0n) is 14.7. The summed E-state index contributed by atoms with van der Waals surface area (Å²) in [6.45, 7) is 1.22. The molecule has 3 heterocycles. The number of H-pyrrole nitrogens is 1. The Morgan fingerprint density at radius 1 is 1.37 bits per heavy atom. The van der Waals surface area contributed by atoms with Crippen molar-refractivity contribution in [3.05, 3.63) is 46.0 Å². The Balaban J connectivity index is 1.40. The van der Waals surface area contributed by atoms with E-state index in [0.29, 0.717) is 24.3 Å². The van der Waals surface area contributed by atoms with Gasteiger partial charge in [-0.1, -0.05) is 12.1 Å². The molecule has 2 aromatic heterocycles. The fourth-order valence-electron chi connectivity index (χ4n) is 2.92. The lowest BCUT2D eigenvalue weighted by atomic mass is 10.2. The van der Waals surface area contributed by atoms with Crippen LogP contribution < -0.4 is 9.47 Å². The summed E-state index contributed by atoms with van der Waals surface area (Å²) in [7, 11) is 1.79. The summed E-state index contributed by atoms with van der Waals surface area (Å²) in [6, 6.07) is 9.67. The molecule has 7 nitrogen and oxygen atoms in total. The van der Waals surface area contributed by atoms with Crippen LogP contribution in [0.2, 0.25) is 0 Å². The number of carbonyl (C=O) groups excluding carboxylic acids is 1. The van der Waals surface area contributed by atoms with Crippen molar-refractivity contribution in [2.24, 2.45) is 0 Å². The monoisotopic (exact) mass is 402 g/mol. The maximum Gasteiger partial charge on any atom is 0.231 e. The molecule has 1 N–H and O–H groups in total. The lowest BCUT2D eigenvalue weighted by molar-refractivity contribution is -0.130. The van der Waals surface area contributed by atoms with E-state index >= 15 is 0 Å². The number of fused-ring (bicyclic) bond motifs is 1. The van der Waals surface area contributed by atoms with Crippen LogP contribution in [0.3, 0.4) is 0 Å². The van der Waals surface area contributed by atoms with Gasteiger partial charge in [-0.15, -0.1) is 11.3 Å². The van der Waals surface area contributed by atoms with Gasteiger partial charge >= 0.3 is 0 Å². The van der Waals surface area contributed by atoms with Crippen molar-refractivity contribution in [2.75, 3.05) is 13.8 Å². The second-order valence-electron chi connectivity index (χ2n) is 6.17. The van der Waals surface area contributed by atoms with Crippen molar-refractivity contribution in [2.45, 2.75) is 19.5 Å². The van der Waals surface area contributed by atoms with Gasteiger partial charge in [-0.2, -0.15) is 5.10 Å². The molecule has 9 heteroatoms. The van der Waals surface area contributed by atoms with Crippen LogP contribution in [0.4, 0.5) is 0 Å². The molecule has 1 amide bonds. The molecular weight excluding hydrogens is 384 g/mol. The van der Waals surface area contributed by atoms with Gasteiger partial charge in [0.05, 0.1) is 4.88 Å². The molecule has 1 aliphatic rings. The summed E-state index contributed by atoms with van der Waals surface area (Å²) in [5.41, 5.74) is 0.995. The van der Waals surface area contributed by atoms with E-state index in [1.165, 1.54) is 0 Å². The third-order valence-electron chi connectivity index (χ3n) is 4.33. The summed E-state index contributed by atoms with van der Waals surface area (Å²) in [6.07, 6.45) is 0.341. The number of amides is 1. The molecule has 0 aliphatic carbocycles. The van der Waals surface area contributed by atoms with Gasteiger partial charge in [0.25, 0.3) is 0 Å². The second-order valence-corrected chi connectivity index (χ2v) is 7.50. The van der Waals surface area contributed by atoms with E-state index in [-0.39, 0.29) is 12.7 Å². The highest BCUT2D eigenvalue weighted by Crippen LogP contribution is 2.32. The van der Waals surface area contributed by atoms with Crippen molar-refractivity contribution < 1.29 is 14.3 Å². The number of hydrogen-bond donors (Lipinski definition) is 1. The van der Waals surface area contributed by atoms with Crippen molar-refractivity contribution in [3.8, 4) is 22.2 Å². The quantitative estimate of drug-likeness (QED) is 0.640. The highest BCUT2D eigenvalue weighted by Gasteiger charge is 2.16. The minimum atomic E-state index is 0.0351. The van der Waals surface area contributed by atoms with Crippen LogP contribution in [-0.4, -0.2) is 39.4 Å². The van der Waals surface area contributed by atoms with Crippen LogP contribution in [0.1, 0.15) is 12.0 Å². The molecule has 0 atom stereocenters. The van der Waals surface area contributed by atoms with Crippen LogP contribution in [0.5, 0.6) is 11.5 Å². The zero-order valence-corrected chi connectivity index (χ0v) is 16.3. The third kappa shape index (κ3) is 3.74. The molecule has 1 aliphatic heterocycles. The van der Waals surface area contributed by atoms with Crippen LogP contribution in [0.15, 0.2) is 35.7 Å². The molecule has 0 fully saturated rings. The van der Waals surface area contributed by atoms with Crippen LogP contribution in [0, 0.1) is 4.77 Å². The number of benzene rings is 1. The maximum absolute atomic E-state index is 12.6. The summed E-state index contributed by atoms with van der Waals surface area (Å²) in [5.74, 6) is 2.26. The SMILES string of the molecule is CN(Cc1ccc2c(c1)OCO2)C(=O)CCn1c(-c2cccs2)n[nH]c1=S. The molecule has 1 aromatic carbocycles. The van der Waals surface area contributed by atoms with Gasteiger partial charge in [0, 0.05) is 26.6 Å². The molecule has 27 heavy (non-hydrogen) atoms. The van der Waals surface area contributed by atoms with E-state index in [9.17, 15) is 4.79 Å². The first-order valence-electron chi connectivity index (χ1n) is 8.43. The Morgan fingerprint density at radius 3 is 3.04 bits per heavy atom. The second kappa shape index (κ2) is 7.53. The van der Waals surface area contributed by atoms with Crippen LogP contribution >= 0.6 is 23.6 Å². The maximum atomic E-state index is 12.6. The number of nitrogens with zero attached hydrogens (tertiary/aromatic N) is 3. The molecular formula is C18H18N4O3S2. The molecule has 140 valence electrons. The first kappa shape index (κ1) is 17.7. The topological polar surface area (TPSA) is 72.4 Å². The number of thiophene rings is 1. The van der Waals surface area contributed by atoms with E-state index in [4.69, 9.17) is 21.7 Å². The van der Waals surface area contributed by atoms with Crippen molar-refractivity contribution in [1.82, 2.24) is 19.7 Å². The van der Waals surface area contributed by atoms with Crippen molar-refractivity contribution in [1.29, 1.82) is 0 Å². The van der Waals surface area contributed by atoms with Gasteiger partial charge < -0.3 is 14.4 Å². The molecule has 0 bridgehead atoms. The first-order chi connectivity index (χ1) is 13.1. The third-order valence-corrected chi connectivity index (χ3v) is 5.51. The molecule has 3 aromatic rings. The number of nitrogens with one attached hydrogen (secondary N) is 1. The Labute approximate surface area is 165 Å². The first-order valence-corrected chi connectivity index (χ1v) is 9.72. The van der Waals surface area contributed by atoms with Gasteiger partial charge in [-0.25, -0.2) is 0 Å². The Bertz CT molecular complexity index is 1010.